The monoisotopic (exact) mass is 156 g/mol. The van der Waals surface area contributed by atoms with Crippen LogP contribution in [0.15, 0.2) is 12.1 Å². The minimum absolute atomic E-state index is 0.294. The van der Waals surface area contributed by atoms with Crippen LogP contribution in [0.4, 0.5) is 8.78 Å². The Hall–Kier alpha value is -1.06. The van der Waals surface area contributed by atoms with Crippen molar-refractivity contribution in [3.05, 3.63) is 23.8 Å². The van der Waals surface area contributed by atoms with Gasteiger partial charge < -0.3 is 5.11 Å². The van der Waals surface area contributed by atoms with Gasteiger partial charge in [0.15, 0.2) is 13.1 Å². The second kappa shape index (κ2) is 2.90. The zero-order valence-electron chi connectivity index (χ0n) is 6.06. The molecule has 0 bridgehead atoms. The molecule has 0 aliphatic rings. The third kappa shape index (κ3) is 1.50. The van der Waals surface area contributed by atoms with Crippen molar-refractivity contribution in [1.29, 1.82) is 0 Å². The summed E-state index contributed by atoms with van der Waals surface area (Å²) in [6.07, 6.45) is 0. The fraction of sp³-hybridized carbons (Fsp3) is 0.143. The van der Waals surface area contributed by atoms with Crippen molar-refractivity contribution < 1.29 is 13.9 Å². The zero-order valence-corrected chi connectivity index (χ0v) is 6.06. The molecule has 1 aromatic carbocycles. The lowest BCUT2D eigenvalue weighted by Gasteiger charge is -2.01. The fourth-order valence-electron chi connectivity index (χ4n) is 0.889. The van der Waals surface area contributed by atoms with Crippen LogP contribution in [0.2, 0.25) is 6.82 Å². The summed E-state index contributed by atoms with van der Waals surface area (Å²) in [5.41, 5.74) is 0.294. The van der Waals surface area contributed by atoms with Crippen molar-refractivity contribution in [2.75, 3.05) is 0 Å². The first kappa shape index (κ1) is 8.05. The van der Waals surface area contributed by atoms with Gasteiger partial charge in [-0.2, -0.15) is 0 Å². The van der Waals surface area contributed by atoms with Gasteiger partial charge in [-0.15, -0.1) is 0 Å². The highest BCUT2D eigenvalue weighted by molar-refractivity contribution is 6.53. The molecule has 0 fully saturated rings. The summed E-state index contributed by atoms with van der Waals surface area (Å²) in [7, 11) is 0.417. The van der Waals surface area contributed by atoms with Gasteiger partial charge in [-0.05, 0) is 11.5 Å². The maximum absolute atomic E-state index is 12.5. The van der Waals surface area contributed by atoms with E-state index in [-0.39, 0.29) is 0 Å². The van der Waals surface area contributed by atoms with Gasteiger partial charge in [-0.1, -0.05) is 6.82 Å². The first-order chi connectivity index (χ1) is 5.15. The molecule has 0 saturated carbocycles. The fourth-order valence-corrected chi connectivity index (χ4v) is 0.889. The average molecular weight is 156 g/mol. The topological polar surface area (TPSA) is 20.2 Å². The molecule has 0 unspecified atom stereocenters. The Morgan fingerprint density at radius 2 is 2.00 bits per heavy atom. The van der Waals surface area contributed by atoms with Crippen LogP contribution < -0.4 is 5.46 Å². The summed E-state index contributed by atoms with van der Waals surface area (Å²) in [5.74, 6) is -2.01. The van der Waals surface area contributed by atoms with Crippen LogP contribution in [0.25, 0.3) is 0 Å². The lowest BCUT2D eigenvalue weighted by Crippen LogP contribution is -2.12. The third-order valence-electron chi connectivity index (χ3n) is 1.49. The van der Waals surface area contributed by atoms with E-state index in [4.69, 9.17) is 5.11 Å². The molecule has 0 aliphatic carbocycles. The summed E-state index contributed by atoms with van der Waals surface area (Å²) >= 11 is 0. The minimum Gasteiger partial charge on any atom is -0.505 e. The maximum Gasteiger partial charge on any atom is 0.167 e. The molecule has 0 spiro atoms. The second-order valence-corrected chi connectivity index (χ2v) is 2.25. The van der Waals surface area contributed by atoms with E-state index in [1.54, 1.807) is 6.82 Å². The van der Waals surface area contributed by atoms with Crippen LogP contribution >= 0.6 is 0 Å². The van der Waals surface area contributed by atoms with Gasteiger partial charge in [0, 0.05) is 6.07 Å². The average Bonchev–Trinajstić information content (AvgIpc) is 1.96. The van der Waals surface area contributed by atoms with Gasteiger partial charge in [0.2, 0.25) is 0 Å². The molecule has 0 aliphatic heterocycles. The van der Waals surface area contributed by atoms with Crippen LogP contribution in [0.1, 0.15) is 0 Å². The van der Waals surface area contributed by atoms with Gasteiger partial charge in [0.1, 0.15) is 11.6 Å². The molecular weight excluding hydrogens is 149 g/mol. The van der Waals surface area contributed by atoms with Gasteiger partial charge in [-0.25, -0.2) is 8.78 Å². The number of phenolic OH excluding ortho intramolecular Hbond substituents is 1. The first-order valence-electron chi connectivity index (χ1n) is 3.32. The van der Waals surface area contributed by atoms with Crippen LogP contribution in [0, 0.1) is 11.6 Å². The van der Waals surface area contributed by atoms with Gasteiger partial charge in [-0.3, -0.25) is 0 Å². The SMILES string of the molecule is CBc1cc(F)cc(F)c1O. The van der Waals surface area contributed by atoms with E-state index in [0.29, 0.717) is 18.8 Å². The summed E-state index contributed by atoms with van der Waals surface area (Å²) in [6, 6.07) is 1.78. The van der Waals surface area contributed by atoms with Crippen molar-refractivity contribution >= 4 is 12.7 Å². The van der Waals surface area contributed by atoms with E-state index >= 15 is 0 Å². The number of benzene rings is 1. The third-order valence-corrected chi connectivity index (χ3v) is 1.49. The molecule has 58 valence electrons. The zero-order chi connectivity index (χ0) is 8.43. The Morgan fingerprint density at radius 1 is 1.36 bits per heavy atom. The van der Waals surface area contributed by atoms with E-state index in [1.807, 2.05) is 0 Å². The number of aromatic hydroxyl groups is 1. The van der Waals surface area contributed by atoms with Crippen molar-refractivity contribution in [1.82, 2.24) is 0 Å². The number of halogens is 2. The standard InChI is InChI=1S/C7H7BF2O/c1-8-5-2-4(9)3-6(10)7(5)11/h2-3,8,11H,1H3. The van der Waals surface area contributed by atoms with Gasteiger partial charge in [0.25, 0.3) is 0 Å². The molecule has 1 aromatic rings. The smallest absolute Gasteiger partial charge is 0.167 e. The Morgan fingerprint density at radius 3 is 2.55 bits per heavy atom. The number of hydrogen-bond acceptors (Lipinski definition) is 1. The quantitative estimate of drug-likeness (QED) is 0.595. The Balaban J connectivity index is 3.24. The molecule has 0 amide bonds. The summed E-state index contributed by atoms with van der Waals surface area (Å²) in [5, 5.41) is 8.98. The second-order valence-electron chi connectivity index (χ2n) is 2.25. The van der Waals surface area contributed by atoms with Crippen molar-refractivity contribution in [2.24, 2.45) is 0 Å². The van der Waals surface area contributed by atoms with Crippen LogP contribution in [0.5, 0.6) is 5.75 Å². The predicted molar refractivity (Wildman–Crippen MR) is 40.7 cm³/mol. The Labute approximate surface area is 63.9 Å². The summed E-state index contributed by atoms with van der Waals surface area (Å²) < 4.78 is 25.0. The highest BCUT2D eigenvalue weighted by Gasteiger charge is 2.07. The van der Waals surface area contributed by atoms with Crippen molar-refractivity contribution in [3.63, 3.8) is 0 Å². The molecule has 11 heavy (non-hydrogen) atoms. The molecule has 1 rings (SSSR count). The van der Waals surface area contributed by atoms with Crippen molar-refractivity contribution in [3.8, 4) is 5.75 Å². The Kier molecular flexibility index (Phi) is 2.12. The number of rotatable bonds is 1. The molecule has 4 heteroatoms. The summed E-state index contributed by atoms with van der Waals surface area (Å²) in [4.78, 5) is 0. The van der Waals surface area contributed by atoms with Gasteiger partial charge >= 0.3 is 0 Å². The normalized spacial score (nSPS) is 9.73. The first-order valence-corrected chi connectivity index (χ1v) is 3.32. The minimum atomic E-state index is -0.901. The molecule has 0 saturated heterocycles. The highest BCUT2D eigenvalue weighted by Crippen LogP contribution is 2.12. The van der Waals surface area contributed by atoms with Crippen molar-refractivity contribution in [2.45, 2.75) is 6.82 Å². The van der Waals surface area contributed by atoms with Crippen LogP contribution in [-0.4, -0.2) is 12.4 Å². The lowest BCUT2D eigenvalue weighted by atomic mass is 9.73. The molecule has 0 atom stereocenters. The van der Waals surface area contributed by atoms with E-state index in [0.717, 1.165) is 6.07 Å². The molecule has 0 heterocycles. The predicted octanol–water partition coefficient (Wildman–Crippen LogP) is 0.780. The number of hydrogen-bond donors (Lipinski definition) is 1. The Bertz CT molecular complexity index is 275. The maximum atomic E-state index is 12.5. The van der Waals surface area contributed by atoms with Crippen LogP contribution in [-0.2, 0) is 0 Å². The van der Waals surface area contributed by atoms with E-state index in [1.165, 1.54) is 0 Å². The lowest BCUT2D eigenvalue weighted by molar-refractivity contribution is 0.432. The molecule has 1 nitrogen and oxygen atoms in total. The molecule has 0 radical (unpaired) electrons. The number of phenols is 1. The largest absolute Gasteiger partial charge is 0.505 e. The molecule has 0 aromatic heterocycles. The highest BCUT2D eigenvalue weighted by atomic mass is 19.1. The molecular formula is C7H7BF2O. The van der Waals surface area contributed by atoms with E-state index in [9.17, 15) is 8.78 Å². The van der Waals surface area contributed by atoms with E-state index in [2.05, 4.69) is 0 Å². The van der Waals surface area contributed by atoms with E-state index < -0.39 is 17.4 Å². The summed E-state index contributed by atoms with van der Waals surface area (Å²) in [6.45, 7) is 1.72. The van der Waals surface area contributed by atoms with Crippen LogP contribution in [0.3, 0.4) is 0 Å². The molecule has 1 N–H and O–H groups in total. The van der Waals surface area contributed by atoms with Gasteiger partial charge in [0.05, 0.1) is 0 Å².